The Bertz CT molecular complexity index is 1140. The third-order valence-electron chi connectivity index (χ3n) is 5.01. The van der Waals surface area contributed by atoms with Gasteiger partial charge >= 0.3 is 0 Å². The van der Waals surface area contributed by atoms with Gasteiger partial charge in [-0.05, 0) is 23.8 Å². The second-order valence-corrected chi connectivity index (χ2v) is 10.3. The molecule has 0 unspecified atom stereocenters. The highest BCUT2D eigenvalue weighted by Gasteiger charge is 2.22. The minimum Gasteiger partial charge on any atom is -0.346 e. The van der Waals surface area contributed by atoms with Crippen molar-refractivity contribution in [3.63, 3.8) is 0 Å². The summed E-state index contributed by atoms with van der Waals surface area (Å²) in [7, 11) is -3.36. The Morgan fingerprint density at radius 3 is 2.60 bits per heavy atom. The SMILES string of the molecule is CS(=O)(=O)c1cccc(C(=O)c2cnc(N3CCN(Cc4cccnc4)CC3)s2)c1. The van der Waals surface area contributed by atoms with Gasteiger partial charge in [0.2, 0.25) is 5.78 Å². The summed E-state index contributed by atoms with van der Waals surface area (Å²) >= 11 is 1.35. The predicted molar refractivity (Wildman–Crippen MR) is 117 cm³/mol. The van der Waals surface area contributed by atoms with Gasteiger partial charge in [0.1, 0.15) is 0 Å². The Labute approximate surface area is 179 Å². The highest BCUT2D eigenvalue weighted by Crippen LogP contribution is 2.26. The lowest BCUT2D eigenvalue weighted by molar-refractivity contribution is 0.104. The van der Waals surface area contributed by atoms with E-state index in [1.54, 1.807) is 24.5 Å². The number of hydrogen-bond donors (Lipinski definition) is 0. The Kier molecular flexibility index (Phi) is 5.94. The van der Waals surface area contributed by atoms with Crippen LogP contribution in [0.5, 0.6) is 0 Å². The second-order valence-electron chi connectivity index (χ2n) is 7.26. The molecule has 0 bridgehead atoms. The van der Waals surface area contributed by atoms with Gasteiger partial charge in [0.25, 0.3) is 0 Å². The van der Waals surface area contributed by atoms with E-state index in [1.807, 2.05) is 12.3 Å². The topological polar surface area (TPSA) is 83.5 Å². The fourth-order valence-electron chi connectivity index (χ4n) is 3.37. The van der Waals surface area contributed by atoms with Crippen LogP contribution in [-0.2, 0) is 16.4 Å². The summed E-state index contributed by atoms with van der Waals surface area (Å²) in [5, 5.41) is 0.818. The zero-order valence-electron chi connectivity index (χ0n) is 16.6. The molecule has 1 saturated heterocycles. The number of carbonyl (C=O) groups excluding carboxylic acids is 1. The Balaban J connectivity index is 1.41. The molecule has 3 aromatic rings. The van der Waals surface area contributed by atoms with Crippen molar-refractivity contribution in [3.05, 3.63) is 71.0 Å². The quantitative estimate of drug-likeness (QED) is 0.542. The van der Waals surface area contributed by atoms with Crippen LogP contribution in [0.4, 0.5) is 5.13 Å². The molecular formula is C21H22N4O3S2. The van der Waals surface area contributed by atoms with Crippen molar-refractivity contribution in [2.45, 2.75) is 11.4 Å². The second kappa shape index (κ2) is 8.63. The first-order chi connectivity index (χ1) is 14.4. The molecule has 1 aromatic carbocycles. The molecule has 2 aromatic heterocycles. The van der Waals surface area contributed by atoms with E-state index in [4.69, 9.17) is 0 Å². The van der Waals surface area contributed by atoms with Gasteiger partial charge in [0.15, 0.2) is 15.0 Å². The van der Waals surface area contributed by atoms with Crippen molar-refractivity contribution in [1.82, 2.24) is 14.9 Å². The lowest BCUT2D eigenvalue weighted by Gasteiger charge is -2.34. The van der Waals surface area contributed by atoms with Gasteiger partial charge in [-0.2, -0.15) is 0 Å². The van der Waals surface area contributed by atoms with Crippen molar-refractivity contribution in [2.75, 3.05) is 37.3 Å². The lowest BCUT2D eigenvalue weighted by atomic mass is 10.1. The van der Waals surface area contributed by atoms with E-state index in [9.17, 15) is 13.2 Å². The third-order valence-corrected chi connectivity index (χ3v) is 7.18. The average molecular weight is 443 g/mol. The largest absolute Gasteiger partial charge is 0.346 e. The minimum absolute atomic E-state index is 0.142. The molecule has 4 rings (SSSR count). The van der Waals surface area contributed by atoms with E-state index in [-0.39, 0.29) is 10.7 Å². The third kappa shape index (κ3) is 4.75. The summed E-state index contributed by atoms with van der Waals surface area (Å²) in [6.07, 6.45) is 6.39. The highest BCUT2D eigenvalue weighted by molar-refractivity contribution is 7.90. The van der Waals surface area contributed by atoms with Crippen LogP contribution in [0.2, 0.25) is 0 Å². The van der Waals surface area contributed by atoms with Gasteiger partial charge in [-0.3, -0.25) is 14.7 Å². The number of piperazine rings is 1. The minimum atomic E-state index is -3.36. The van der Waals surface area contributed by atoms with Gasteiger partial charge in [0, 0.05) is 56.9 Å². The molecule has 1 fully saturated rings. The Hall–Kier alpha value is -2.62. The molecule has 0 aliphatic carbocycles. The smallest absolute Gasteiger partial charge is 0.204 e. The van der Waals surface area contributed by atoms with Crippen LogP contribution < -0.4 is 4.90 Å². The summed E-state index contributed by atoms with van der Waals surface area (Å²) in [6, 6.07) is 10.2. The molecule has 0 radical (unpaired) electrons. The number of sulfone groups is 1. The maximum absolute atomic E-state index is 12.8. The Morgan fingerprint density at radius 1 is 1.10 bits per heavy atom. The molecule has 30 heavy (non-hydrogen) atoms. The number of ketones is 1. The van der Waals surface area contributed by atoms with Crippen molar-refractivity contribution in [2.24, 2.45) is 0 Å². The number of pyridine rings is 1. The molecule has 3 heterocycles. The Morgan fingerprint density at radius 2 is 1.90 bits per heavy atom. The summed E-state index contributed by atoms with van der Waals surface area (Å²) < 4.78 is 23.5. The molecule has 7 nitrogen and oxygen atoms in total. The van der Waals surface area contributed by atoms with Crippen LogP contribution in [0.15, 0.2) is 59.9 Å². The molecule has 0 saturated carbocycles. The number of anilines is 1. The summed E-state index contributed by atoms with van der Waals surface area (Å²) in [6.45, 7) is 4.37. The number of nitrogens with zero attached hydrogens (tertiary/aromatic N) is 4. The normalized spacial score (nSPS) is 15.3. The maximum atomic E-state index is 12.8. The van der Waals surface area contributed by atoms with Crippen molar-refractivity contribution in [1.29, 1.82) is 0 Å². The lowest BCUT2D eigenvalue weighted by Crippen LogP contribution is -2.45. The molecule has 0 amide bonds. The van der Waals surface area contributed by atoms with Crippen molar-refractivity contribution in [3.8, 4) is 0 Å². The van der Waals surface area contributed by atoms with Crippen LogP contribution in [0.3, 0.4) is 0 Å². The molecule has 9 heteroatoms. The average Bonchev–Trinajstić information content (AvgIpc) is 3.24. The van der Waals surface area contributed by atoms with E-state index in [1.165, 1.54) is 29.0 Å². The van der Waals surface area contributed by atoms with Gasteiger partial charge in [-0.1, -0.05) is 29.5 Å². The van der Waals surface area contributed by atoms with Crippen LogP contribution in [0.25, 0.3) is 0 Å². The monoisotopic (exact) mass is 442 g/mol. The zero-order chi connectivity index (χ0) is 21.1. The zero-order valence-corrected chi connectivity index (χ0v) is 18.2. The van der Waals surface area contributed by atoms with Crippen LogP contribution >= 0.6 is 11.3 Å². The number of rotatable bonds is 6. The molecule has 0 N–H and O–H groups in total. The fraction of sp³-hybridized carbons (Fsp3) is 0.286. The van der Waals surface area contributed by atoms with E-state index in [2.05, 4.69) is 25.8 Å². The molecule has 0 atom stereocenters. The van der Waals surface area contributed by atoms with Gasteiger partial charge in [-0.25, -0.2) is 13.4 Å². The first-order valence-electron chi connectivity index (χ1n) is 9.57. The standard InChI is InChI=1S/C21H22N4O3S2/c1-30(27,28)18-6-2-5-17(12-18)20(26)19-14-23-21(29-19)25-10-8-24(9-11-25)15-16-4-3-7-22-13-16/h2-7,12-14H,8-11,15H2,1H3. The number of benzene rings is 1. The maximum Gasteiger partial charge on any atom is 0.204 e. The van der Waals surface area contributed by atoms with Crippen LogP contribution in [0, 0.1) is 0 Å². The van der Waals surface area contributed by atoms with Gasteiger partial charge in [0.05, 0.1) is 16.0 Å². The number of carbonyl (C=O) groups is 1. The number of aromatic nitrogens is 2. The van der Waals surface area contributed by atoms with Crippen LogP contribution in [-0.4, -0.2) is 61.5 Å². The predicted octanol–water partition coefficient (Wildman–Crippen LogP) is 2.49. The molecule has 1 aliphatic heterocycles. The fourth-order valence-corrected chi connectivity index (χ4v) is 4.97. The summed E-state index contributed by atoms with van der Waals surface area (Å²) in [4.78, 5) is 26.6. The van der Waals surface area contributed by atoms with E-state index >= 15 is 0 Å². The summed E-state index contributed by atoms with van der Waals surface area (Å²) in [5.41, 5.74) is 1.55. The van der Waals surface area contributed by atoms with E-state index in [0.717, 1.165) is 44.1 Å². The van der Waals surface area contributed by atoms with Crippen LogP contribution in [0.1, 0.15) is 20.8 Å². The number of thiazole rings is 1. The molecule has 156 valence electrons. The summed E-state index contributed by atoms with van der Waals surface area (Å²) in [5.74, 6) is -0.209. The van der Waals surface area contributed by atoms with E-state index < -0.39 is 9.84 Å². The number of hydrogen-bond acceptors (Lipinski definition) is 8. The highest BCUT2D eigenvalue weighted by atomic mass is 32.2. The first-order valence-corrected chi connectivity index (χ1v) is 12.3. The molecule has 1 aliphatic rings. The van der Waals surface area contributed by atoms with E-state index in [0.29, 0.717) is 10.4 Å². The van der Waals surface area contributed by atoms with Gasteiger partial charge < -0.3 is 4.90 Å². The van der Waals surface area contributed by atoms with Gasteiger partial charge in [-0.15, -0.1) is 0 Å². The molecular weight excluding hydrogens is 420 g/mol. The van der Waals surface area contributed by atoms with Crippen molar-refractivity contribution >= 4 is 32.1 Å². The first kappa shape index (κ1) is 20.6. The van der Waals surface area contributed by atoms with Crippen molar-refractivity contribution < 1.29 is 13.2 Å². The molecule has 0 spiro atoms.